The third-order valence-corrected chi connectivity index (χ3v) is 7.14. The number of anilines is 1. The molecule has 9 heteroatoms. The van der Waals surface area contributed by atoms with Crippen molar-refractivity contribution in [1.82, 2.24) is 14.9 Å². The summed E-state index contributed by atoms with van der Waals surface area (Å²) in [5, 5.41) is 7.14. The van der Waals surface area contributed by atoms with Crippen LogP contribution in [-0.2, 0) is 22.6 Å². The van der Waals surface area contributed by atoms with Gasteiger partial charge in [-0.25, -0.2) is 4.98 Å². The van der Waals surface area contributed by atoms with Crippen molar-refractivity contribution in [2.45, 2.75) is 31.5 Å². The third-order valence-electron chi connectivity index (χ3n) is 5.76. The summed E-state index contributed by atoms with van der Waals surface area (Å²) in [6, 6.07) is 22.3. The normalized spacial score (nSPS) is 10.9. The van der Waals surface area contributed by atoms with E-state index in [1.165, 1.54) is 4.57 Å². The molecule has 0 bridgehead atoms. The lowest BCUT2D eigenvalue weighted by Gasteiger charge is -2.13. The van der Waals surface area contributed by atoms with Crippen LogP contribution >= 0.6 is 23.4 Å². The van der Waals surface area contributed by atoms with E-state index in [9.17, 15) is 14.4 Å². The lowest BCUT2D eigenvalue weighted by Crippen LogP contribution is -2.30. The van der Waals surface area contributed by atoms with Crippen molar-refractivity contribution in [3.8, 4) is 0 Å². The van der Waals surface area contributed by atoms with Crippen LogP contribution in [0.15, 0.2) is 82.7 Å². The van der Waals surface area contributed by atoms with Gasteiger partial charge in [0.2, 0.25) is 11.8 Å². The highest BCUT2D eigenvalue weighted by Crippen LogP contribution is 2.22. The van der Waals surface area contributed by atoms with E-state index in [1.807, 2.05) is 49.4 Å². The fourth-order valence-electron chi connectivity index (χ4n) is 3.75. The van der Waals surface area contributed by atoms with Crippen LogP contribution in [0.3, 0.4) is 0 Å². The molecule has 0 saturated heterocycles. The van der Waals surface area contributed by atoms with Crippen molar-refractivity contribution in [1.29, 1.82) is 0 Å². The number of carbonyl (C=O) groups excluding carboxylic acids is 2. The number of fused-ring (bicyclic) bond motifs is 1. The SMILES string of the molecule is Cc1ccc(NC(=O)CSc2nc3ccccc3c(=O)n2CCC(=O)NCCc2ccccc2)cc1Cl. The summed E-state index contributed by atoms with van der Waals surface area (Å²) in [5.74, 6) is -0.363. The molecule has 0 aliphatic carbocycles. The van der Waals surface area contributed by atoms with Crippen LogP contribution in [-0.4, -0.2) is 33.7 Å². The maximum Gasteiger partial charge on any atom is 0.262 e. The van der Waals surface area contributed by atoms with Gasteiger partial charge in [-0.2, -0.15) is 0 Å². The van der Waals surface area contributed by atoms with Gasteiger partial charge in [-0.3, -0.25) is 19.0 Å². The second kappa shape index (κ2) is 12.6. The van der Waals surface area contributed by atoms with Crippen LogP contribution in [0.4, 0.5) is 5.69 Å². The molecule has 4 rings (SSSR count). The number of hydrogen-bond donors (Lipinski definition) is 2. The monoisotopic (exact) mass is 534 g/mol. The zero-order valence-corrected chi connectivity index (χ0v) is 21.9. The molecule has 0 aliphatic heterocycles. The number of aryl methyl sites for hydroxylation is 1. The molecule has 190 valence electrons. The van der Waals surface area contributed by atoms with Crippen molar-refractivity contribution in [3.63, 3.8) is 0 Å². The number of rotatable bonds is 10. The van der Waals surface area contributed by atoms with Gasteiger partial charge in [0, 0.05) is 30.2 Å². The fraction of sp³-hybridized carbons (Fsp3) is 0.214. The standard InChI is InChI=1S/C28H27ClN4O3S/c1-19-11-12-21(17-23(19)29)31-26(35)18-37-28-32-24-10-6-5-9-22(24)27(36)33(28)16-14-25(34)30-15-13-20-7-3-2-4-8-20/h2-12,17H,13-16,18H2,1H3,(H,30,34)(H,31,35). The first-order chi connectivity index (χ1) is 17.9. The number of nitrogens with one attached hydrogen (secondary N) is 2. The lowest BCUT2D eigenvalue weighted by molar-refractivity contribution is -0.121. The highest BCUT2D eigenvalue weighted by atomic mass is 35.5. The Morgan fingerprint density at radius 3 is 2.54 bits per heavy atom. The van der Waals surface area contributed by atoms with Crippen molar-refractivity contribution in [2.75, 3.05) is 17.6 Å². The molecule has 4 aromatic rings. The summed E-state index contributed by atoms with van der Waals surface area (Å²) < 4.78 is 1.47. The second-order valence-corrected chi connectivity index (χ2v) is 9.85. The van der Waals surface area contributed by atoms with E-state index in [1.54, 1.807) is 30.3 Å². The van der Waals surface area contributed by atoms with Gasteiger partial charge in [0.15, 0.2) is 5.16 Å². The molecule has 0 radical (unpaired) electrons. The number of benzene rings is 3. The third kappa shape index (κ3) is 7.21. The van der Waals surface area contributed by atoms with Gasteiger partial charge in [-0.05, 0) is 48.7 Å². The van der Waals surface area contributed by atoms with Gasteiger partial charge in [0.25, 0.3) is 5.56 Å². The van der Waals surface area contributed by atoms with Crippen LogP contribution < -0.4 is 16.2 Å². The zero-order chi connectivity index (χ0) is 26.2. The average Bonchev–Trinajstić information content (AvgIpc) is 2.90. The minimum Gasteiger partial charge on any atom is -0.356 e. The van der Waals surface area contributed by atoms with E-state index in [0.717, 1.165) is 29.3 Å². The quantitative estimate of drug-likeness (QED) is 0.224. The zero-order valence-electron chi connectivity index (χ0n) is 20.4. The van der Waals surface area contributed by atoms with Gasteiger partial charge < -0.3 is 10.6 Å². The largest absolute Gasteiger partial charge is 0.356 e. The van der Waals surface area contributed by atoms with Gasteiger partial charge in [0.1, 0.15) is 0 Å². The van der Waals surface area contributed by atoms with Crippen LogP contribution in [0.5, 0.6) is 0 Å². The molecule has 7 nitrogen and oxygen atoms in total. The highest BCUT2D eigenvalue weighted by molar-refractivity contribution is 7.99. The van der Waals surface area contributed by atoms with Crippen molar-refractivity contribution < 1.29 is 9.59 Å². The number of hydrogen-bond acceptors (Lipinski definition) is 5. The van der Waals surface area contributed by atoms with Crippen molar-refractivity contribution in [2.24, 2.45) is 0 Å². The smallest absolute Gasteiger partial charge is 0.262 e. The first-order valence-electron chi connectivity index (χ1n) is 11.9. The summed E-state index contributed by atoms with van der Waals surface area (Å²) in [4.78, 5) is 42.9. The summed E-state index contributed by atoms with van der Waals surface area (Å²) in [5.41, 5.74) is 2.96. The Hall–Kier alpha value is -3.62. The number of halogens is 1. The summed E-state index contributed by atoms with van der Waals surface area (Å²) in [6.45, 7) is 2.56. The van der Waals surface area contributed by atoms with Gasteiger partial charge >= 0.3 is 0 Å². The van der Waals surface area contributed by atoms with E-state index in [0.29, 0.717) is 33.3 Å². The molecule has 37 heavy (non-hydrogen) atoms. The van der Waals surface area contributed by atoms with Crippen LogP contribution in [0.2, 0.25) is 5.02 Å². The summed E-state index contributed by atoms with van der Waals surface area (Å²) >= 11 is 7.30. The Balaban J connectivity index is 1.42. The minimum absolute atomic E-state index is 0.0412. The fourth-order valence-corrected chi connectivity index (χ4v) is 4.75. The first-order valence-corrected chi connectivity index (χ1v) is 13.3. The van der Waals surface area contributed by atoms with Crippen molar-refractivity contribution in [3.05, 3.63) is 99.3 Å². The lowest BCUT2D eigenvalue weighted by atomic mass is 10.1. The molecular weight excluding hydrogens is 508 g/mol. The summed E-state index contributed by atoms with van der Waals surface area (Å²) in [6.07, 6.45) is 0.850. The predicted octanol–water partition coefficient (Wildman–Crippen LogP) is 4.84. The molecule has 3 aromatic carbocycles. The number of amides is 2. The molecular formula is C28H27ClN4O3S. The average molecular weight is 535 g/mol. The maximum atomic E-state index is 13.2. The van der Waals surface area contributed by atoms with E-state index in [-0.39, 0.29) is 36.1 Å². The second-order valence-electron chi connectivity index (χ2n) is 8.50. The molecule has 2 N–H and O–H groups in total. The molecule has 1 heterocycles. The van der Waals surface area contributed by atoms with Crippen molar-refractivity contribution >= 4 is 51.8 Å². The first kappa shape index (κ1) is 26.4. The molecule has 0 aliphatic rings. The maximum absolute atomic E-state index is 13.2. The van der Waals surface area contributed by atoms with Gasteiger partial charge in [-0.15, -0.1) is 0 Å². The Morgan fingerprint density at radius 2 is 1.76 bits per heavy atom. The summed E-state index contributed by atoms with van der Waals surface area (Å²) in [7, 11) is 0. The van der Waals surface area contributed by atoms with Crippen LogP contribution in [0, 0.1) is 6.92 Å². The topological polar surface area (TPSA) is 93.1 Å². The molecule has 0 fully saturated rings. The van der Waals surface area contributed by atoms with E-state index < -0.39 is 0 Å². The number of aromatic nitrogens is 2. The van der Waals surface area contributed by atoms with Crippen LogP contribution in [0.1, 0.15) is 17.5 Å². The molecule has 1 aromatic heterocycles. The van der Waals surface area contributed by atoms with E-state index in [4.69, 9.17) is 11.6 Å². The Bertz CT molecular complexity index is 1470. The predicted molar refractivity (Wildman–Crippen MR) is 149 cm³/mol. The number of para-hydroxylation sites is 1. The highest BCUT2D eigenvalue weighted by Gasteiger charge is 2.15. The van der Waals surface area contributed by atoms with Gasteiger partial charge in [-0.1, -0.05) is 71.9 Å². The van der Waals surface area contributed by atoms with E-state index in [2.05, 4.69) is 15.6 Å². The minimum atomic E-state index is -0.252. The molecule has 0 saturated carbocycles. The Labute approximate surface area is 224 Å². The van der Waals surface area contributed by atoms with E-state index >= 15 is 0 Å². The molecule has 0 unspecified atom stereocenters. The van der Waals surface area contributed by atoms with Gasteiger partial charge in [0.05, 0.1) is 16.7 Å². The van der Waals surface area contributed by atoms with Crippen LogP contribution in [0.25, 0.3) is 10.9 Å². The number of carbonyl (C=O) groups is 2. The number of thioether (sulfide) groups is 1. The molecule has 0 atom stereocenters. The molecule has 2 amide bonds. The Morgan fingerprint density at radius 1 is 1.00 bits per heavy atom. The Kier molecular flexibility index (Phi) is 8.98. The molecule has 0 spiro atoms. The number of nitrogens with zero attached hydrogens (tertiary/aromatic N) is 2.